The van der Waals surface area contributed by atoms with Gasteiger partial charge in [0, 0.05) is 23.2 Å². The number of rotatable bonds is 3. The summed E-state index contributed by atoms with van der Waals surface area (Å²) < 4.78 is 0. The maximum atomic E-state index is 4.86. The van der Waals surface area contributed by atoms with Crippen molar-refractivity contribution in [1.29, 1.82) is 0 Å². The molecule has 2 aromatic rings. The van der Waals surface area contributed by atoms with Gasteiger partial charge in [-0.25, -0.2) is 9.97 Å². The van der Waals surface area contributed by atoms with Crippen LogP contribution in [0.15, 0.2) is 12.1 Å². The van der Waals surface area contributed by atoms with Crippen molar-refractivity contribution in [2.45, 2.75) is 45.4 Å². The summed E-state index contributed by atoms with van der Waals surface area (Å²) in [5, 5.41) is 3.27. The number of aromatic nitrogens is 2. The molecule has 2 aromatic heterocycles. The zero-order chi connectivity index (χ0) is 13.9. The third-order valence-electron chi connectivity index (χ3n) is 3.90. The van der Waals surface area contributed by atoms with E-state index in [0.29, 0.717) is 0 Å². The second kappa shape index (κ2) is 5.92. The number of hydrogen-bond acceptors (Lipinski definition) is 4. The molecular weight excluding hydrogens is 266 g/mol. The number of aryl methyl sites for hydroxylation is 2. The maximum absolute atomic E-state index is 4.86. The largest absolute Gasteiger partial charge is 0.373 e. The Morgan fingerprint density at radius 1 is 1.15 bits per heavy atom. The van der Waals surface area contributed by atoms with Crippen LogP contribution >= 0.6 is 11.3 Å². The van der Waals surface area contributed by atoms with Crippen LogP contribution in [0.25, 0.3) is 10.7 Å². The van der Waals surface area contributed by atoms with E-state index in [1.54, 1.807) is 0 Å². The van der Waals surface area contributed by atoms with Crippen molar-refractivity contribution < 1.29 is 0 Å². The van der Waals surface area contributed by atoms with Gasteiger partial charge in [-0.2, -0.15) is 0 Å². The molecule has 0 spiro atoms. The van der Waals surface area contributed by atoms with Gasteiger partial charge in [-0.3, -0.25) is 0 Å². The Bertz CT molecular complexity index is 604. The zero-order valence-corrected chi connectivity index (χ0v) is 13.0. The predicted molar refractivity (Wildman–Crippen MR) is 85.5 cm³/mol. The van der Waals surface area contributed by atoms with Crippen LogP contribution in [0.3, 0.4) is 0 Å². The fourth-order valence-corrected chi connectivity index (χ4v) is 3.66. The monoisotopic (exact) mass is 287 g/mol. The first-order valence-corrected chi connectivity index (χ1v) is 8.30. The fourth-order valence-electron chi connectivity index (χ4n) is 2.78. The Morgan fingerprint density at radius 3 is 2.75 bits per heavy atom. The van der Waals surface area contributed by atoms with E-state index in [0.717, 1.165) is 30.9 Å². The van der Waals surface area contributed by atoms with Gasteiger partial charge in [0.05, 0.1) is 4.88 Å². The van der Waals surface area contributed by atoms with E-state index in [1.807, 2.05) is 18.4 Å². The van der Waals surface area contributed by atoms with Crippen molar-refractivity contribution in [3.8, 4) is 10.7 Å². The number of nitrogens with zero attached hydrogens (tertiary/aromatic N) is 2. The molecule has 0 aliphatic heterocycles. The van der Waals surface area contributed by atoms with Gasteiger partial charge in [0.15, 0.2) is 5.82 Å². The highest BCUT2D eigenvalue weighted by Gasteiger charge is 2.17. The molecule has 0 saturated carbocycles. The van der Waals surface area contributed by atoms with Gasteiger partial charge in [0.2, 0.25) is 0 Å². The Kier molecular flexibility index (Phi) is 4.01. The van der Waals surface area contributed by atoms with Gasteiger partial charge in [-0.15, -0.1) is 11.3 Å². The van der Waals surface area contributed by atoms with Gasteiger partial charge < -0.3 is 5.32 Å². The summed E-state index contributed by atoms with van der Waals surface area (Å²) >= 11 is 1.81. The smallest absolute Gasteiger partial charge is 0.171 e. The molecule has 0 amide bonds. The van der Waals surface area contributed by atoms with E-state index in [9.17, 15) is 0 Å². The minimum atomic E-state index is 0.889. The molecule has 20 heavy (non-hydrogen) atoms. The van der Waals surface area contributed by atoms with E-state index < -0.39 is 0 Å². The predicted octanol–water partition coefficient (Wildman–Crippen LogP) is 4.08. The van der Waals surface area contributed by atoms with Crippen LogP contribution in [0.2, 0.25) is 0 Å². The Hall–Kier alpha value is -1.42. The Morgan fingerprint density at radius 2 is 2.00 bits per heavy atom. The standard InChI is InChI=1S/C16H21N3S/c1-3-11-9-10-14(20-11)16-18-13-8-6-4-5-7-12(13)15(17-2)19-16/h9-10H,3-8H2,1-2H3,(H,17,18,19). The lowest BCUT2D eigenvalue weighted by Crippen LogP contribution is -2.06. The average Bonchev–Trinajstić information content (AvgIpc) is 2.84. The molecular formula is C16H21N3S. The topological polar surface area (TPSA) is 37.8 Å². The van der Waals surface area contributed by atoms with Gasteiger partial charge >= 0.3 is 0 Å². The third kappa shape index (κ3) is 2.57. The fraction of sp³-hybridized carbons (Fsp3) is 0.500. The molecule has 0 unspecified atom stereocenters. The SMILES string of the molecule is CCc1ccc(-c2nc3c(c(NC)n2)CCCCC3)s1. The van der Waals surface area contributed by atoms with E-state index >= 15 is 0 Å². The first-order valence-electron chi connectivity index (χ1n) is 7.48. The summed E-state index contributed by atoms with van der Waals surface area (Å²) in [6, 6.07) is 4.34. The number of fused-ring (bicyclic) bond motifs is 1. The second-order valence-electron chi connectivity index (χ2n) is 5.25. The molecule has 106 valence electrons. The summed E-state index contributed by atoms with van der Waals surface area (Å²) in [6.07, 6.45) is 7.07. The van der Waals surface area contributed by atoms with E-state index in [-0.39, 0.29) is 0 Å². The summed E-state index contributed by atoms with van der Waals surface area (Å²) in [7, 11) is 1.96. The molecule has 3 rings (SSSR count). The normalized spacial score (nSPS) is 14.7. The van der Waals surface area contributed by atoms with E-state index in [2.05, 4.69) is 24.4 Å². The lowest BCUT2D eigenvalue weighted by atomic mass is 10.1. The molecule has 4 heteroatoms. The number of nitrogens with one attached hydrogen (secondary N) is 1. The van der Waals surface area contributed by atoms with Crippen LogP contribution in [0.1, 0.15) is 42.3 Å². The first kappa shape index (κ1) is 13.6. The van der Waals surface area contributed by atoms with Crippen LogP contribution < -0.4 is 5.32 Å². The lowest BCUT2D eigenvalue weighted by Gasteiger charge is -2.12. The molecule has 0 fully saturated rings. The number of anilines is 1. The molecule has 0 radical (unpaired) electrons. The summed E-state index contributed by atoms with van der Waals surface area (Å²) in [4.78, 5) is 12.2. The van der Waals surface area contributed by atoms with Crippen LogP contribution in [0.4, 0.5) is 5.82 Å². The lowest BCUT2D eigenvalue weighted by molar-refractivity contribution is 0.709. The van der Waals surface area contributed by atoms with E-state index in [4.69, 9.17) is 9.97 Å². The van der Waals surface area contributed by atoms with Crippen molar-refractivity contribution >= 4 is 17.2 Å². The third-order valence-corrected chi connectivity index (χ3v) is 5.13. The summed E-state index contributed by atoms with van der Waals surface area (Å²) in [6.45, 7) is 2.19. The number of thiophene rings is 1. The maximum Gasteiger partial charge on any atom is 0.171 e. The highest BCUT2D eigenvalue weighted by molar-refractivity contribution is 7.15. The van der Waals surface area contributed by atoms with Crippen molar-refractivity contribution in [2.75, 3.05) is 12.4 Å². The second-order valence-corrected chi connectivity index (χ2v) is 6.42. The molecule has 1 aliphatic carbocycles. The van der Waals surface area contributed by atoms with Gasteiger partial charge in [-0.1, -0.05) is 13.3 Å². The van der Waals surface area contributed by atoms with Crippen LogP contribution in [0, 0.1) is 0 Å². The molecule has 0 aromatic carbocycles. The molecule has 3 nitrogen and oxygen atoms in total. The average molecular weight is 287 g/mol. The number of hydrogen-bond donors (Lipinski definition) is 1. The van der Waals surface area contributed by atoms with Crippen LogP contribution in [-0.2, 0) is 19.3 Å². The Balaban J connectivity index is 2.05. The summed E-state index contributed by atoms with van der Waals surface area (Å²) in [5.41, 5.74) is 2.59. The minimum Gasteiger partial charge on any atom is -0.373 e. The minimum absolute atomic E-state index is 0.889. The molecule has 2 heterocycles. The van der Waals surface area contributed by atoms with E-state index in [1.165, 1.54) is 40.3 Å². The Labute approximate surface area is 124 Å². The molecule has 0 saturated heterocycles. The molecule has 1 aliphatic rings. The highest BCUT2D eigenvalue weighted by atomic mass is 32.1. The van der Waals surface area contributed by atoms with Crippen molar-refractivity contribution in [3.63, 3.8) is 0 Å². The molecule has 0 atom stereocenters. The zero-order valence-electron chi connectivity index (χ0n) is 12.2. The van der Waals surface area contributed by atoms with Crippen molar-refractivity contribution in [1.82, 2.24) is 9.97 Å². The van der Waals surface area contributed by atoms with Gasteiger partial charge in [0.25, 0.3) is 0 Å². The van der Waals surface area contributed by atoms with Crippen LogP contribution in [0.5, 0.6) is 0 Å². The highest BCUT2D eigenvalue weighted by Crippen LogP contribution is 2.31. The molecule has 0 bridgehead atoms. The summed E-state index contributed by atoms with van der Waals surface area (Å²) in [5.74, 6) is 1.91. The van der Waals surface area contributed by atoms with Gasteiger partial charge in [-0.05, 0) is 44.2 Å². The molecule has 1 N–H and O–H groups in total. The first-order chi connectivity index (χ1) is 9.81. The van der Waals surface area contributed by atoms with Crippen molar-refractivity contribution in [2.24, 2.45) is 0 Å². The van der Waals surface area contributed by atoms with Gasteiger partial charge in [0.1, 0.15) is 5.82 Å². The van der Waals surface area contributed by atoms with Crippen LogP contribution in [-0.4, -0.2) is 17.0 Å². The quantitative estimate of drug-likeness (QED) is 0.864. The van der Waals surface area contributed by atoms with Crippen molar-refractivity contribution in [3.05, 3.63) is 28.3 Å².